The standard InChI is InChI=1S/C14H13N5O2.ClH/c20-14(12-8-16-19(18-12)10-6-15-7-10)17-11-3-1-2-9-4-5-21-13(9)11;/h1-5,8,10,15H,6-7H2,(H,17,20);1H. The maximum Gasteiger partial charge on any atom is 0.277 e. The lowest BCUT2D eigenvalue weighted by molar-refractivity contribution is 0.102. The summed E-state index contributed by atoms with van der Waals surface area (Å²) in [5.74, 6) is -0.294. The average molecular weight is 320 g/mol. The third-order valence-electron chi connectivity index (χ3n) is 3.55. The van der Waals surface area contributed by atoms with Gasteiger partial charge in [-0.2, -0.15) is 9.90 Å². The average Bonchev–Trinajstić information content (AvgIpc) is 3.05. The fourth-order valence-corrected chi connectivity index (χ4v) is 2.27. The number of hydrogen-bond acceptors (Lipinski definition) is 5. The Bertz CT molecular complexity index is 808. The molecule has 0 unspecified atom stereocenters. The number of hydrogen-bond donors (Lipinski definition) is 2. The van der Waals surface area contributed by atoms with Crippen molar-refractivity contribution in [1.82, 2.24) is 20.3 Å². The first-order valence-corrected chi connectivity index (χ1v) is 6.71. The van der Waals surface area contributed by atoms with E-state index in [-0.39, 0.29) is 24.4 Å². The van der Waals surface area contributed by atoms with E-state index in [1.54, 1.807) is 17.1 Å². The number of benzene rings is 1. The molecule has 1 aliphatic heterocycles. The minimum atomic E-state index is -0.294. The summed E-state index contributed by atoms with van der Waals surface area (Å²) in [5, 5.41) is 15.2. The quantitative estimate of drug-likeness (QED) is 0.769. The normalized spacial score (nSPS) is 14.4. The van der Waals surface area contributed by atoms with Gasteiger partial charge >= 0.3 is 0 Å². The van der Waals surface area contributed by atoms with Gasteiger partial charge in [0.1, 0.15) is 0 Å². The summed E-state index contributed by atoms with van der Waals surface area (Å²) in [7, 11) is 0. The largest absolute Gasteiger partial charge is 0.462 e. The van der Waals surface area contributed by atoms with Crippen molar-refractivity contribution in [3.8, 4) is 0 Å². The molecule has 3 heterocycles. The van der Waals surface area contributed by atoms with Crippen molar-refractivity contribution in [3.05, 3.63) is 42.4 Å². The molecule has 1 amide bonds. The van der Waals surface area contributed by atoms with Gasteiger partial charge in [0.05, 0.1) is 24.2 Å². The van der Waals surface area contributed by atoms with Crippen molar-refractivity contribution in [3.63, 3.8) is 0 Å². The molecule has 0 radical (unpaired) electrons. The molecular formula is C14H14ClN5O2. The monoisotopic (exact) mass is 319 g/mol. The summed E-state index contributed by atoms with van der Waals surface area (Å²) in [5.41, 5.74) is 1.58. The highest BCUT2D eigenvalue weighted by atomic mass is 35.5. The first kappa shape index (κ1) is 14.6. The van der Waals surface area contributed by atoms with E-state index >= 15 is 0 Å². The number of furan rings is 1. The third kappa shape index (κ3) is 2.44. The van der Waals surface area contributed by atoms with Gasteiger partial charge in [-0.15, -0.1) is 17.5 Å². The molecule has 0 bridgehead atoms. The van der Waals surface area contributed by atoms with Crippen LogP contribution < -0.4 is 10.6 Å². The van der Waals surface area contributed by atoms with E-state index in [4.69, 9.17) is 4.42 Å². The molecule has 22 heavy (non-hydrogen) atoms. The number of amides is 1. The Balaban J connectivity index is 0.00000144. The second-order valence-corrected chi connectivity index (χ2v) is 4.96. The minimum Gasteiger partial charge on any atom is -0.462 e. The lowest BCUT2D eigenvalue weighted by atomic mass is 10.2. The zero-order valence-electron chi connectivity index (χ0n) is 11.5. The first-order chi connectivity index (χ1) is 10.3. The van der Waals surface area contributed by atoms with Crippen molar-refractivity contribution in [2.45, 2.75) is 6.04 Å². The zero-order valence-corrected chi connectivity index (χ0v) is 12.3. The maximum absolute atomic E-state index is 12.2. The van der Waals surface area contributed by atoms with Gasteiger partial charge in [0.15, 0.2) is 11.3 Å². The van der Waals surface area contributed by atoms with Gasteiger partial charge in [-0.05, 0) is 12.1 Å². The Hall–Kier alpha value is -2.38. The summed E-state index contributed by atoms with van der Waals surface area (Å²) in [6, 6.07) is 7.67. The van der Waals surface area contributed by atoms with E-state index in [1.165, 1.54) is 6.20 Å². The summed E-state index contributed by atoms with van der Waals surface area (Å²) in [4.78, 5) is 13.8. The van der Waals surface area contributed by atoms with E-state index in [9.17, 15) is 4.79 Å². The fraction of sp³-hybridized carbons (Fsp3) is 0.214. The predicted molar refractivity (Wildman–Crippen MR) is 83.3 cm³/mol. The second kappa shape index (κ2) is 5.78. The molecule has 1 aliphatic rings. The van der Waals surface area contributed by atoms with Gasteiger partial charge in [0.2, 0.25) is 0 Å². The summed E-state index contributed by atoms with van der Waals surface area (Å²) < 4.78 is 5.39. The number of carbonyl (C=O) groups is 1. The summed E-state index contributed by atoms with van der Waals surface area (Å²) >= 11 is 0. The number of halogens is 1. The Morgan fingerprint density at radius 3 is 3.00 bits per heavy atom. The number of anilines is 1. The molecule has 8 heteroatoms. The molecule has 2 N–H and O–H groups in total. The number of fused-ring (bicyclic) bond motifs is 1. The Kier molecular flexibility index (Phi) is 3.82. The van der Waals surface area contributed by atoms with E-state index in [0.29, 0.717) is 17.0 Å². The van der Waals surface area contributed by atoms with Crippen LogP contribution in [0.2, 0.25) is 0 Å². The topological polar surface area (TPSA) is 85.0 Å². The van der Waals surface area contributed by atoms with Crippen molar-refractivity contribution in [2.75, 3.05) is 18.4 Å². The lowest BCUT2D eigenvalue weighted by Crippen LogP contribution is -2.44. The van der Waals surface area contributed by atoms with Crippen LogP contribution in [0.4, 0.5) is 5.69 Å². The molecule has 1 saturated heterocycles. The van der Waals surface area contributed by atoms with Crippen LogP contribution in [0, 0.1) is 0 Å². The molecule has 3 aromatic rings. The molecule has 0 aliphatic carbocycles. The highest BCUT2D eigenvalue weighted by Gasteiger charge is 2.22. The van der Waals surface area contributed by atoms with Gasteiger partial charge in [-0.3, -0.25) is 4.79 Å². The number of aromatic nitrogens is 3. The van der Waals surface area contributed by atoms with Crippen LogP contribution in [0.25, 0.3) is 11.0 Å². The Morgan fingerprint density at radius 1 is 1.36 bits per heavy atom. The van der Waals surface area contributed by atoms with Gasteiger partial charge < -0.3 is 15.1 Å². The first-order valence-electron chi connectivity index (χ1n) is 6.71. The smallest absolute Gasteiger partial charge is 0.277 e. The molecule has 1 fully saturated rings. The molecule has 2 aromatic heterocycles. The molecule has 0 atom stereocenters. The van der Waals surface area contributed by atoms with E-state index in [2.05, 4.69) is 20.8 Å². The molecule has 4 rings (SSSR count). The van der Waals surface area contributed by atoms with Crippen LogP contribution in [-0.4, -0.2) is 34.0 Å². The van der Waals surface area contributed by atoms with Gasteiger partial charge in [0, 0.05) is 18.5 Å². The molecule has 1 aromatic carbocycles. The number of para-hydroxylation sites is 1. The molecule has 114 valence electrons. The fourth-order valence-electron chi connectivity index (χ4n) is 2.27. The van der Waals surface area contributed by atoms with Gasteiger partial charge in [-0.25, -0.2) is 0 Å². The van der Waals surface area contributed by atoms with E-state index < -0.39 is 0 Å². The summed E-state index contributed by atoms with van der Waals surface area (Å²) in [6.07, 6.45) is 3.08. The Labute approximate surface area is 132 Å². The van der Waals surface area contributed by atoms with Crippen molar-refractivity contribution < 1.29 is 9.21 Å². The third-order valence-corrected chi connectivity index (χ3v) is 3.55. The second-order valence-electron chi connectivity index (χ2n) is 4.96. The maximum atomic E-state index is 12.2. The predicted octanol–water partition coefficient (Wildman–Crippen LogP) is 1.84. The highest BCUT2D eigenvalue weighted by Crippen LogP contribution is 2.24. The van der Waals surface area contributed by atoms with Crippen molar-refractivity contribution >= 4 is 35.0 Å². The molecule has 7 nitrogen and oxygen atoms in total. The van der Waals surface area contributed by atoms with Crippen LogP contribution in [0.3, 0.4) is 0 Å². The van der Waals surface area contributed by atoms with Gasteiger partial charge in [-0.1, -0.05) is 12.1 Å². The van der Waals surface area contributed by atoms with E-state index in [0.717, 1.165) is 18.5 Å². The zero-order chi connectivity index (χ0) is 14.2. The van der Waals surface area contributed by atoms with Gasteiger partial charge in [0.25, 0.3) is 5.91 Å². The molecule has 0 saturated carbocycles. The molecular weight excluding hydrogens is 306 g/mol. The highest BCUT2D eigenvalue weighted by molar-refractivity contribution is 6.06. The minimum absolute atomic E-state index is 0. The summed E-state index contributed by atoms with van der Waals surface area (Å²) in [6.45, 7) is 1.67. The van der Waals surface area contributed by atoms with Crippen LogP contribution in [0.5, 0.6) is 0 Å². The SMILES string of the molecule is Cl.O=C(Nc1cccc2ccoc12)c1cnn(C2CNC2)n1. The number of rotatable bonds is 3. The lowest BCUT2D eigenvalue weighted by Gasteiger charge is -2.25. The van der Waals surface area contributed by atoms with Crippen LogP contribution in [0.1, 0.15) is 16.5 Å². The van der Waals surface area contributed by atoms with Crippen LogP contribution >= 0.6 is 12.4 Å². The number of carbonyl (C=O) groups excluding carboxylic acids is 1. The Morgan fingerprint density at radius 2 is 2.23 bits per heavy atom. The van der Waals surface area contributed by atoms with Crippen molar-refractivity contribution in [2.24, 2.45) is 0 Å². The molecule has 0 spiro atoms. The van der Waals surface area contributed by atoms with Crippen LogP contribution in [-0.2, 0) is 0 Å². The van der Waals surface area contributed by atoms with Crippen LogP contribution in [0.15, 0.2) is 41.1 Å². The number of nitrogens with one attached hydrogen (secondary N) is 2. The van der Waals surface area contributed by atoms with Crippen molar-refractivity contribution in [1.29, 1.82) is 0 Å². The van der Waals surface area contributed by atoms with E-state index in [1.807, 2.05) is 18.2 Å². The number of nitrogens with zero attached hydrogens (tertiary/aromatic N) is 3.